The minimum atomic E-state index is -3.91. The highest BCUT2D eigenvalue weighted by molar-refractivity contribution is 7.92. The van der Waals surface area contributed by atoms with E-state index in [-0.39, 0.29) is 4.21 Å². The first-order valence-electron chi connectivity index (χ1n) is 9.25. The van der Waals surface area contributed by atoms with Crippen molar-refractivity contribution in [3.63, 3.8) is 0 Å². The molecular formula is C22H15ClN2O3S3. The maximum absolute atomic E-state index is 12.9. The Bertz CT molecular complexity index is 1580. The number of para-hydroxylation sites is 2. The van der Waals surface area contributed by atoms with Gasteiger partial charge in [0.1, 0.15) is 15.6 Å². The maximum Gasteiger partial charge on any atom is 0.294 e. The zero-order chi connectivity index (χ0) is 21.6. The first-order chi connectivity index (χ1) is 14.9. The summed E-state index contributed by atoms with van der Waals surface area (Å²) in [5.74, 6) is 0.753. The summed E-state index contributed by atoms with van der Waals surface area (Å²) in [6.45, 7) is 1.91. The number of hydrogen-bond donors (Lipinski definition) is 0. The molecule has 0 N–H and O–H groups in total. The van der Waals surface area contributed by atoms with Crippen LogP contribution in [0.2, 0.25) is 4.34 Å². The lowest BCUT2D eigenvalue weighted by Gasteiger charge is -2.09. The van der Waals surface area contributed by atoms with Gasteiger partial charge >= 0.3 is 0 Å². The van der Waals surface area contributed by atoms with Gasteiger partial charge < -0.3 is 4.42 Å². The average molecular weight is 487 g/mol. The van der Waals surface area contributed by atoms with Crippen LogP contribution < -0.4 is 4.80 Å². The van der Waals surface area contributed by atoms with Crippen molar-refractivity contribution in [3.8, 4) is 16.9 Å². The molecule has 0 radical (unpaired) electrons. The van der Waals surface area contributed by atoms with E-state index < -0.39 is 10.0 Å². The minimum absolute atomic E-state index is 0.108. The van der Waals surface area contributed by atoms with Gasteiger partial charge in [0, 0.05) is 22.0 Å². The molecule has 0 atom stereocenters. The third-order valence-corrected chi connectivity index (χ3v) is 8.66. The highest BCUT2D eigenvalue weighted by Gasteiger charge is 2.21. The van der Waals surface area contributed by atoms with E-state index in [0.29, 0.717) is 9.14 Å². The van der Waals surface area contributed by atoms with Crippen LogP contribution in [0.15, 0.2) is 85.1 Å². The van der Waals surface area contributed by atoms with E-state index in [2.05, 4.69) is 4.40 Å². The number of halogens is 1. The highest BCUT2D eigenvalue weighted by atomic mass is 35.5. The third-order valence-electron chi connectivity index (χ3n) is 4.75. The van der Waals surface area contributed by atoms with E-state index in [0.717, 1.165) is 45.0 Å². The predicted molar refractivity (Wildman–Crippen MR) is 126 cm³/mol. The number of benzene rings is 2. The lowest BCUT2D eigenvalue weighted by atomic mass is 10.1. The van der Waals surface area contributed by atoms with Crippen LogP contribution in [0.4, 0.5) is 0 Å². The Hall–Kier alpha value is -2.65. The summed E-state index contributed by atoms with van der Waals surface area (Å²) < 4.78 is 38.3. The molecule has 5 nitrogen and oxygen atoms in total. The van der Waals surface area contributed by atoms with Gasteiger partial charge in [0.15, 0.2) is 0 Å². The van der Waals surface area contributed by atoms with Crippen molar-refractivity contribution >= 4 is 55.3 Å². The molecular weight excluding hydrogens is 472 g/mol. The number of aryl methyl sites for hydroxylation is 1. The number of hydrogen-bond acceptors (Lipinski definition) is 5. The van der Waals surface area contributed by atoms with Gasteiger partial charge in [-0.2, -0.15) is 8.42 Å². The number of aromatic nitrogens is 1. The van der Waals surface area contributed by atoms with Crippen LogP contribution in [-0.4, -0.2) is 13.0 Å². The van der Waals surface area contributed by atoms with Gasteiger partial charge in [-0.1, -0.05) is 48.0 Å². The number of sulfonamides is 1. The number of thiophene rings is 1. The van der Waals surface area contributed by atoms with E-state index in [9.17, 15) is 8.42 Å². The van der Waals surface area contributed by atoms with Gasteiger partial charge in [0.05, 0.1) is 10.0 Å². The Balaban J connectivity index is 1.81. The second kappa shape index (κ2) is 7.80. The third kappa shape index (κ3) is 3.65. The molecule has 0 aliphatic rings. The van der Waals surface area contributed by atoms with Crippen LogP contribution in [0.25, 0.3) is 27.9 Å². The summed E-state index contributed by atoms with van der Waals surface area (Å²) in [7, 11) is -3.91. The summed E-state index contributed by atoms with van der Waals surface area (Å²) in [4.78, 5) is 0.343. The number of thiazole rings is 1. The summed E-state index contributed by atoms with van der Waals surface area (Å²) in [6, 6.07) is 20.4. The van der Waals surface area contributed by atoms with Gasteiger partial charge in [0.25, 0.3) is 10.0 Å². The molecule has 0 amide bonds. The fourth-order valence-corrected chi connectivity index (χ4v) is 7.00. The van der Waals surface area contributed by atoms with E-state index in [1.807, 2.05) is 71.5 Å². The van der Waals surface area contributed by atoms with Gasteiger partial charge in [0.2, 0.25) is 4.80 Å². The molecule has 0 fully saturated rings. The fourth-order valence-electron chi connectivity index (χ4n) is 3.45. The second-order valence-corrected chi connectivity index (χ2v) is 11.1. The van der Waals surface area contributed by atoms with Crippen molar-refractivity contribution in [2.24, 2.45) is 4.40 Å². The molecule has 5 aromatic rings. The smallest absolute Gasteiger partial charge is 0.294 e. The Labute approximate surface area is 191 Å². The standard InChI is InChI=1S/C22H15ClN2O3S3/c1-14-21(16-9-5-6-10-18(16)28-14)17-13-29-22(25(17)15-7-3-2-4-8-15)24-31(26,27)20-12-11-19(23)30-20/h2-13H,1H3/b24-22+. The van der Waals surface area contributed by atoms with Crippen LogP contribution in [0.5, 0.6) is 0 Å². The molecule has 3 aromatic heterocycles. The van der Waals surface area contributed by atoms with Crippen LogP contribution >= 0.6 is 34.3 Å². The number of rotatable bonds is 4. The Kier molecular flexibility index (Phi) is 5.10. The Morgan fingerprint density at radius 3 is 2.48 bits per heavy atom. The molecule has 9 heteroatoms. The van der Waals surface area contributed by atoms with Crippen molar-refractivity contribution in [1.29, 1.82) is 0 Å². The zero-order valence-electron chi connectivity index (χ0n) is 16.2. The topological polar surface area (TPSA) is 64.6 Å². The fraction of sp³-hybridized carbons (Fsp3) is 0.0455. The zero-order valence-corrected chi connectivity index (χ0v) is 19.4. The lowest BCUT2D eigenvalue weighted by molar-refractivity contribution is 0.579. The summed E-state index contributed by atoms with van der Waals surface area (Å²) in [5.41, 5.74) is 3.31. The molecule has 0 saturated heterocycles. The molecule has 31 heavy (non-hydrogen) atoms. The van der Waals surface area contributed by atoms with Gasteiger partial charge in [-0.25, -0.2) is 0 Å². The largest absolute Gasteiger partial charge is 0.461 e. The average Bonchev–Trinajstić information content (AvgIpc) is 3.45. The normalized spacial score (nSPS) is 12.6. The van der Waals surface area contributed by atoms with Gasteiger partial charge in [-0.3, -0.25) is 4.57 Å². The summed E-state index contributed by atoms with van der Waals surface area (Å²) >= 11 is 8.19. The van der Waals surface area contributed by atoms with Gasteiger partial charge in [-0.05, 0) is 37.3 Å². The highest BCUT2D eigenvalue weighted by Crippen LogP contribution is 2.36. The quantitative estimate of drug-likeness (QED) is 0.301. The Morgan fingerprint density at radius 1 is 1.00 bits per heavy atom. The van der Waals surface area contributed by atoms with E-state index in [4.69, 9.17) is 16.0 Å². The van der Waals surface area contributed by atoms with Crippen molar-refractivity contribution in [1.82, 2.24) is 4.57 Å². The summed E-state index contributed by atoms with van der Waals surface area (Å²) in [5, 5.41) is 2.87. The molecule has 0 saturated carbocycles. The molecule has 0 aliphatic heterocycles. The molecule has 5 rings (SSSR count). The summed E-state index contributed by atoms with van der Waals surface area (Å²) in [6.07, 6.45) is 0. The van der Waals surface area contributed by atoms with Crippen molar-refractivity contribution in [2.75, 3.05) is 0 Å². The van der Waals surface area contributed by atoms with E-state index >= 15 is 0 Å². The number of nitrogens with zero attached hydrogens (tertiary/aromatic N) is 2. The lowest BCUT2D eigenvalue weighted by Crippen LogP contribution is -2.16. The molecule has 0 spiro atoms. The monoisotopic (exact) mass is 486 g/mol. The van der Waals surface area contributed by atoms with Crippen LogP contribution in [0.3, 0.4) is 0 Å². The van der Waals surface area contributed by atoms with E-state index in [1.165, 1.54) is 17.4 Å². The van der Waals surface area contributed by atoms with Crippen molar-refractivity contribution in [2.45, 2.75) is 11.1 Å². The van der Waals surface area contributed by atoms with Crippen LogP contribution in [0.1, 0.15) is 5.76 Å². The van der Waals surface area contributed by atoms with Crippen LogP contribution in [-0.2, 0) is 10.0 Å². The molecule has 0 unspecified atom stereocenters. The number of furan rings is 1. The van der Waals surface area contributed by atoms with E-state index in [1.54, 1.807) is 6.07 Å². The number of fused-ring (bicyclic) bond motifs is 1. The first-order valence-corrected chi connectivity index (χ1v) is 12.8. The SMILES string of the molecule is Cc1oc2ccccc2c1-c1cs/c(=N/S(=O)(=O)c2ccc(Cl)s2)n1-c1ccccc1. The Morgan fingerprint density at radius 2 is 1.74 bits per heavy atom. The molecule has 0 bridgehead atoms. The molecule has 3 heterocycles. The van der Waals surface area contributed by atoms with Gasteiger partial charge in [-0.15, -0.1) is 27.1 Å². The first kappa shape index (κ1) is 20.3. The minimum Gasteiger partial charge on any atom is -0.461 e. The van der Waals surface area contributed by atoms with Crippen molar-refractivity contribution < 1.29 is 12.8 Å². The molecule has 0 aliphatic carbocycles. The van der Waals surface area contributed by atoms with Crippen LogP contribution in [0, 0.1) is 6.92 Å². The van der Waals surface area contributed by atoms with Crippen molar-refractivity contribution in [3.05, 3.63) is 87.0 Å². The maximum atomic E-state index is 12.9. The molecule has 2 aromatic carbocycles. The molecule has 156 valence electrons. The predicted octanol–water partition coefficient (Wildman–Crippen LogP) is 6.26. The second-order valence-electron chi connectivity index (χ2n) is 6.73.